The molecule has 0 bridgehead atoms. The van der Waals surface area contributed by atoms with Crippen LogP contribution in [0.2, 0.25) is 0 Å². The Morgan fingerprint density at radius 1 is 1.35 bits per heavy atom. The van der Waals surface area contributed by atoms with Gasteiger partial charge in [0.1, 0.15) is 4.21 Å². The summed E-state index contributed by atoms with van der Waals surface area (Å²) in [6.07, 6.45) is 4.39. The predicted molar refractivity (Wildman–Crippen MR) is 73.8 cm³/mol. The van der Waals surface area contributed by atoms with Crippen LogP contribution in [0.1, 0.15) is 32.6 Å². The Hall–Kier alpha value is 0.0900. The molecule has 1 aliphatic carbocycles. The molecule has 0 aromatic carbocycles. The van der Waals surface area contributed by atoms with Crippen molar-refractivity contribution in [3.63, 3.8) is 0 Å². The average Bonchev–Trinajstić information content (AvgIpc) is 2.69. The maximum Gasteiger partial charge on any atom is 0.250 e. The van der Waals surface area contributed by atoms with Crippen LogP contribution >= 0.6 is 27.3 Å². The molecule has 0 spiro atoms. The second-order valence-corrected chi connectivity index (χ2v) is 8.95. The van der Waals surface area contributed by atoms with Gasteiger partial charge in [0, 0.05) is 6.04 Å². The van der Waals surface area contributed by atoms with Gasteiger partial charge in [0.15, 0.2) is 0 Å². The molecule has 1 aromatic heterocycles. The summed E-state index contributed by atoms with van der Waals surface area (Å²) < 4.78 is 28.3. The first-order chi connectivity index (χ1) is 7.99. The molecule has 0 aliphatic heterocycles. The molecule has 0 radical (unpaired) electrons. The number of halogens is 1. The Balaban J connectivity index is 2.11. The molecule has 3 nitrogen and oxygen atoms in total. The fourth-order valence-corrected chi connectivity index (χ4v) is 5.60. The van der Waals surface area contributed by atoms with E-state index >= 15 is 0 Å². The van der Waals surface area contributed by atoms with E-state index in [1.165, 1.54) is 17.8 Å². The van der Waals surface area contributed by atoms with Crippen LogP contribution in [0.25, 0.3) is 0 Å². The van der Waals surface area contributed by atoms with E-state index < -0.39 is 10.0 Å². The SMILES string of the molecule is CC1CCCCC1NS(=O)(=O)c1ccc(Br)s1. The fourth-order valence-electron chi connectivity index (χ4n) is 2.19. The molecule has 2 atom stereocenters. The highest BCUT2D eigenvalue weighted by Gasteiger charge is 2.27. The Labute approximate surface area is 115 Å². The summed E-state index contributed by atoms with van der Waals surface area (Å²) in [4.78, 5) is 0. The maximum absolute atomic E-state index is 12.1. The van der Waals surface area contributed by atoms with Gasteiger partial charge in [0.05, 0.1) is 3.79 Å². The van der Waals surface area contributed by atoms with Crippen LogP contribution in [-0.4, -0.2) is 14.5 Å². The summed E-state index contributed by atoms with van der Waals surface area (Å²) in [6.45, 7) is 2.12. The number of hydrogen-bond donors (Lipinski definition) is 1. The van der Waals surface area contributed by atoms with Crippen molar-refractivity contribution in [1.29, 1.82) is 0 Å². The molecule has 1 saturated carbocycles. The van der Waals surface area contributed by atoms with Gasteiger partial charge in [-0.15, -0.1) is 11.3 Å². The van der Waals surface area contributed by atoms with E-state index in [0.29, 0.717) is 10.1 Å². The molecule has 96 valence electrons. The van der Waals surface area contributed by atoms with E-state index in [1.54, 1.807) is 12.1 Å². The van der Waals surface area contributed by atoms with Gasteiger partial charge < -0.3 is 0 Å². The van der Waals surface area contributed by atoms with Gasteiger partial charge in [-0.25, -0.2) is 13.1 Å². The summed E-state index contributed by atoms with van der Waals surface area (Å²) in [5, 5.41) is 0. The normalized spacial score (nSPS) is 26.0. The Bertz CT molecular complexity index is 483. The van der Waals surface area contributed by atoms with E-state index in [1.807, 2.05) is 0 Å². The largest absolute Gasteiger partial charge is 0.250 e. The molecule has 0 saturated heterocycles. The van der Waals surface area contributed by atoms with Crippen molar-refractivity contribution in [2.24, 2.45) is 5.92 Å². The minimum absolute atomic E-state index is 0.0922. The molecule has 1 fully saturated rings. The molecule has 2 unspecified atom stereocenters. The van der Waals surface area contributed by atoms with Gasteiger partial charge in [-0.05, 0) is 46.8 Å². The molecule has 1 heterocycles. The van der Waals surface area contributed by atoms with Crippen molar-refractivity contribution in [3.05, 3.63) is 15.9 Å². The third kappa shape index (κ3) is 3.30. The number of sulfonamides is 1. The van der Waals surface area contributed by atoms with Crippen LogP contribution in [0.5, 0.6) is 0 Å². The van der Waals surface area contributed by atoms with Crippen LogP contribution in [-0.2, 0) is 10.0 Å². The second kappa shape index (κ2) is 5.38. The lowest BCUT2D eigenvalue weighted by Crippen LogP contribution is -2.40. The van der Waals surface area contributed by atoms with Crippen LogP contribution in [0.3, 0.4) is 0 Å². The number of hydrogen-bond acceptors (Lipinski definition) is 3. The highest BCUT2D eigenvalue weighted by atomic mass is 79.9. The fraction of sp³-hybridized carbons (Fsp3) is 0.636. The zero-order valence-corrected chi connectivity index (χ0v) is 12.9. The average molecular weight is 338 g/mol. The summed E-state index contributed by atoms with van der Waals surface area (Å²) in [5.41, 5.74) is 0. The molecular formula is C11H16BrNO2S2. The zero-order valence-electron chi connectivity index (χ0n) is 9.65. The Kier molecular flexibility index (Phi) is 4.28. The topological polar surface area (TPSA) is 46.2 Å². The van der Waals surface area contributed by atoms with Crippen molar-refractivity contribution in [3.8, 4) is 0 Å². The molecule has 1 N–H and O–H groups in total. The minimum atomic E-state index is -3.33. The van der Waals surface area contributed by atoms with E-state index in [2.05, 4.69) is 27.6 Å². The second-order valence-electron chi connectivity index (χ2n) is 4.55. The third-order valence-electron chi connectivity index (χ3n) is 3.23. The van der Waals surface area contributed by atoms with Gasteiger partial charge >= 0.3 is 0 Å². The smallest absolute Gasteiger partial charge is 0.207 e. The highest BCUT2D eigenvalue weighted by molar-refractivity contribution is 9.11. The van der Waals surface area contributed by atoms with Gasteiger partial charge in [-0.1, -0.05) is 19.8 Å². The third-order valence-corrected chi connectivity index (χ3v) is 6.84. The lowest BCUT2D eigenvalue weighted by Gasteiger charge is -2.28. The summed E-state index contributed by atoms with van der Waals surface area (Å²) in [5.74, 6) is 0.432. The van der Waals surface area contributed by atoms with Crippen LogP contribution in [0, 0.1) is 5.92 Å². The summed E-state index contributed by atoms with van der Waals surface area (Å²) in [6, 6.07) is 3.50. The van der Waals surface area contributed by atoms with Gasteiger partial charge in [0.25, 0.3) is 0 Å². The number of thiophene rings is 1. The van der Waals surface area contributed by atoms with Crippen molar-refractivity contribution in [1.82, 2.24) is 4.72 Å². The number of nitrogens with one attached hydrogen (secondary N) is 1. The van der Waals surface area contributed by atoms with E-state index in [4.69, 9.17) is 0 Å². The highest BCUT2D eigenvalue weighted by Crippen LogP contribution is 2.29. The minimum Gasteiger partial charge on any atom is -0.207 e. The molecule has 6 heteroatoms. The van der Waals surface area contributed by atoms with Crippen LogP contribution < -0.4 is 4.72 Å². The zero-order chi connectivity index (χ0) is 12.5. The van der Waals surface area contributed by atoms with E-state index in [-0.39, 0.29) is 6.04 Å². The Morgan fingerprint density at radius 2 is 2.06 bits per heavy atom. The van der Waals surface area contributed by atoms with Gasteiger partial charge in [0.2, 0.25) is 10.0 Å². The quantitative estimate of drug-likeness (QED) is 0.918. The monoisotopic (exact) mass is 337 g/mol. The summed E-state index contributed by atoms with van der Waals surface area (Å²) >= 11 is 4.54. The van der Waals surface area contributed by atoms with Crippen molar-refractivity contribution < 1.29 is 8.42 Å². The standard InChI is InChI=1S/C11H16BrNO2S2/c1-8-4-2-3-5-9(8)13-17(14,15)11-7-6-10(12)16-11/h6-9,13H,2-5H2,1H3. The molecule has 1 aromatic rings. The first-order valence-electron chi connectivity index (χ1n) is 5.77. The maximum atomic E-state index is 12.1. The molecule has 1 aliphatic rings. The number of rotatable bonds is 3. The first-order valence-corrected chi connectivity index (χ1v) is 8.86. The first kappa shape index (κ1) is 13.5. The van der Waals surface area contributed by atoms with Crippen molar-refractivity contribution >= 4 is 37.3 Å². The molecule has 17 heavy (non-hydrogen) atoms. The van der Waals surface area contributed by atoms with E-state index in [9.17, 15) is 8.42 Å². The molecule has 0 amide bonds. The van der Waals surface area contributed by atoms with Gasteiger partial charge in [-0.2, -0.15) is 0 Å². The van der Waals surface area contributed by atoms with Crippen LogP contribution in [0.4, 0.5) is 0 Å². The summed E-state index contributed by atoms with van der Waals surface area (Å²) in [7, 11) is -3.33. The molecular weight excluding hydrogens is 322 g/mol. The Morgan fingerprint density at radius 3 is 2.65 bits per heavy atom. The van der Waals surface area contributed by atoms with Crippen molar-refractivity contribution in [2.45, 2.75) is 42.9 Å². The lowest BCUT2D eigenvalue weighted by atomic mass is 9.87. The van der Waals surface area contributed by atoms with Crippen molar-refractivity contribution in [2.75, 3.05) is 0 Å². The lowest BCUT2D eigenvalue weighted by molar-refractivity contribution is 0.310. The predicted octanol–water partition coefficient (Wildman–Crippen LogP) is 3.37. The van der Waals surface area contributed by atoms with Crippen LogP contribution in [0.15, 0.2) is 20.1 Å². The van der Waals surface area contributed by atoms with Gasteiger partial charge in [-0.3, -0.25) is 0 Å². The van der Waals surface area contributed by atoms with E-state index in [0.717, 1.165) is 23.0 Å². The molecule has 2 rings (SSSR count).